The van der Waals surface area contributed by atoms with Gasteiger partial charge in [0.05, 0.1) is 23.5 Å². The summed E-state index contributed by atoms with van der Waals surface area (Å²) >= 11 is 3.02. The van der Waals surface area contributed by atoms with E-state index in [2.05, 4.69) is 4.99 Å². The molecule has 132 valence electrons. The summed E-state index contributed by atoms with van der Waals surface area (Å²) < 4.78 is 5.32. The highest BCUT2D eigenvalue weighted by Gasteiger charge is 2.37. The van der Waals surface area contributed by atoms with Crippen molar-refractivity contribution in [2.24, 2.45) is 4.99 Å². The van der Waals surface area contributed by atoms with Gasteiger partial charge in [-0.25, -0.2) is 4.99 Å². The Morgan fingerprint density at radius 2 is 1.77 bits per heavy atom. The first-order chi connectivity index (χ1) is 12.6. The molecule has 0 aliphatic carbocycles. The molecule has 0 unspecified atom stereocenters. The van der Waals surface area contributed by atoms with Crippen molar-refractivity contribution < 1.29 is 9.53 Å². The summed E-state index contributed by atoms with van der Waals surface area (Å²) in [6, 6.07) is 15.6. The first-order valence-corrected chi connectivity index (χ1v) is 9.65. The first kappa shape index (κ1) is 17.1. The van der Waals surface area contributed by atoms with Crippen molar-refractivity contribution in [2.45, 2.75) is 4.90 Å². The van der Waals surface area contributed by atoms with Gasteiger partial charge >= 0.3 is 0 Å². The zero-order valence-electron chi connectivity index (χ0n) is 14.6. The minimum absolute atomic E-state index is 0.0289. The number of carbonyl (C=O) groups is 1. The number of rotatable bonds is 2. The van der Waals surface area contributed by atoms with Crippen LogP contribution in [0.5, 0.6) is 5.75 Å². The lowest BCUT2D eigenvalue weighted by molar-refractivity contribution is -0.121. The lowest BCUT2D eigenvalue weighted by atomic mass is 10.3. The summed E-state index contributed by atoms with van der Waals surface area (Å²) in [5.41, 5.74) is 1.88. The number of thioether (sulfide) groups is 2. The number of amides is 1. The fraction of sp³-hybridized carbons (Fsp3) is 0.158. The van der Waals surface area contributed by atoms with E-state index < -0.39 is 0 Å². The number of fused-ring (bicyclic) bond motifs is 1. The zero-order chi connectivity index (χ0) is 18.3. The molecule has 4 rings (SSSR count). The van der Waals surface area contributed by atoms with E-state index in [4.69, 9.17) is 4.74 Å². The maximum Gasteiger partial charge on any atom is 0.269 e. The maximum atomic E-state index is 12.8. The molecule has 1 saturated heterocycles. The number of benzene rings is 2. The third-order valence-corrected chi connectivity index (χ3v) is 6.68. The van der Waals surface area contributed by atoms with Gasteiger partial charge < -0.3 is 9.64 Å². The number of carbonyl (C=O) groups excluding carboxylic acids is 1. The number of para-hydroxylation sites is 1. The Morgan fingerprint density at radius 1 is 1.00 bits per heavy atom. The molecule has 0 saturated carbocycles. The Hall–Kier alpha value is -2.38. The van der Waals surface area contributed by atoms with Gasteiger partial charge in [0, 0.05) is 25.1 Å². The van der Waals surface area contributed by atoms with Gasteiger partial charge in [-0.1, -0.05) is 30.0 Å². The molecule has 2 aromatic carbocycles. The lowest BCUT2D eigenvalue weighted by Gasteiger charge is -2.15. The number of methoxy groups -OCH3 is 1. The van der Waals surface area contributed by atoms with Crippen LogP contribution in [0.3, 0.4) is 0 Å². The van der Waals surface area contributed by atoms with Gasteiger partial charge in [0.2, 0.25) is 0 Å². The Balaban J connectivity index is 1.70. The van der Waals surface area contributed by atoms with Crippen LogP contribution < -0.4 is 9.64 Å². The Labute approximate surface area is 160 Å². The number of amidine groups is 1. The predicted octanol–water partition coefficient (Wildman–Crippen LogP) is 4.30. The third kappa shape index (κ3) is 2.87. The lowest BCUT2D eigenvalue weighted by Crippen LogP contribution is -2.24. The number of likely N-dealkylation sites (N-methyl/N-ethyl adjacent to an activating group) is 1. The molecule has 0 radical (unpaired) electrons. The normalized spacial score (nSPS) is 20.9. The molecule has 1 fully saturated rings. The number of anilines is 1. The largest absolute Gasteiger partial charge is 0.497 e. The third-order valence-electron chi connectivity index (χ3n) is 4.19. The quantitative estimate of drug-likeness (QED) is 0.724. The molecular formula is C19H17N3O2S2. The number of nitrogens with zero attached hydrogens (tertiary/aromatic N) is 3. The molecule has 2 aromatic rings. The van der Waals surface area contributed by atoms with Crippen molar-refractivity contribution in [3.05, 3.63) is 58.5 Å². The Kier molecular flexibility index (Phi) is 4.42. The standard InChI is InChI=1S/C19H17N3O2S2/c1-21-14-11-13(24-3)9-10-15(14)25-18(21)16-17(23)22(2)19(26-16)20-12-7-5-4-6-8-12/h4-11H,1-3H3/b18-16-,20-19?. The van der Waals surface area contributed by atoms with E-state index in [0.29, 0.717) is 10.1 Å². The van der Waals surface area contributed by atoms with Crippen molar-refractivity contribution in [3.8, 4) is 5.75 Å². The van der Waals surface area contributed by atoms with Gasteiger partial charge in [-0.15, -0.1) is 0 Å². The minimum Gasteiger partial charge on any atom is -0.497 e. The van der Waals surface area contributed by atoms with E-state index in [-0.39, 0.29) is 5.91 Å². The molecule has 2 aliphatic heterocycles. The second-order valence-corrected chi connectivity index (χ2v) is 7.83. The molecule has 1 amide bonds. The van der Waals surface area contributed by atoms with Crippen LogP contribution in [0.2, 0.25) is 0 Å². The molecule has 5 nitrogen and oxygen atoms in total. The van der Waals surface area contributed by atoms with Crippen LogP contribution in [0.1, 0.15) is 0 Å². The highest BCUT2D eigenvalue weighted by molar-refractivity contribution is 8.19. The molecule has 26 heavy (non-hydrogen) atoms. The van der Waals surface area contributed by atoms with Crippen molar-refractivity contribution in [1.29, 1.82) is 0 Å². The van der Waals surface area contributed by atoms with Gasteiger partial charge in [0.1, 0.15) is 10.7 Å². The van der Waals surface area contributed by atoms with Crippen LogP contribution in [-0.4, -0.2) is 37.2 Å². The summed E-state index contributed by atoms with van der Waals surface area (Å²) in [5, 5.41) is 1.61. The van der Waals surface area contributed by atoms with E-state index in [1.165, 1.54) is 11.8 Å². The SMILES string of the molecule is COc1ccc2c(c1)N(C)/C(=C1/SC(=Nc3ccccc3)N(C)C1=O)S2. The molecular weight excluding hydrogens is 366 g/mol. The summed E-state index contributed by atoms with van der Waals surface area (Å²) in [5.74, 6) is 0.773. The van der Waals surface area contributed by atoms with Crippen LogP contribution in [0.4, 0.5) is 11.4 Å². The number of aliphatic imine (C=N–C) groups is 1. The first-order valence-electron chi connectivity index (χ1n) is 8.02. The van der Waals surface area contributed by atoms with E-state index in [1.54, 1.807) is 30.8 Å². The average molecular weight is 383 g/mol. The number of hydrogen-bond acceptors (Lipinski definition) is 6. The van der Waals surface area contributed by atoms with E-state index in [9.17, 15) is 4.79 Å². The highest BCUT2D eigenvalue weighted by Crippen LogP contribution is 2.50. The monoisotopic (exact) mass is 383 g/mol. The molecule has 7 heteroatoms. The zero-order valence-corrected chi connectivity index (χ0v) is 16.2. The summed E-state index contributed by atoms with van der Waals surface area (Å²) in [7, 11) is 5.39. The fourth-order valence-electron chi connectivity index (χ4n) is 2.74. The van der Waals surface area contributed by atoms with Gasteiger partial charge in [-0.05, 0) is 36.0 Å². The van der Waals surface area contributed by atoms with E-state index >= 15 is 0 Å². The topological polar surface area (TPSA) is 45.1 Å². The predicted molar refractivity (Wildman–Crippen MR) is 108 cm³/mol. The van der Waals surface area contributed by atoms with Gasteiger partial charge in [-0.3, -0.25) is 9.69 Å². The van der Waals surface area contributed by atoms with Gasteiger partial charge in [0.15, 0.2) is 5.17 Å². The fourth-order valence-corrected chi connectivity index (χ4v) is 5.05. The second-order valence-electron chi connectivity index (χ2n) is 5.83. The summed E-state index contributed by atoms with van der Waals surface area (Å²) in [6.07, 6.45) is 0. The van der Waals surface area contributed by atoms with Crippen molar-refractivity contribution >= 4 is 46.0 Å². The molecule has 2 heterocycles. The van der Waals surface area contributed by atoms with Crippen molar-refractivity contribution in [3.63, 3.8) is 0 Å². The van der Waals surface area contributed by atoms with Crippen molar-refractivity contribution in [2.75, 3.05) is 26.1 Å². The number of ether oxygens (including phenoxy) is 1. The average Bonchev–Trinajstić information content (AvgIpc) is 3.13. The maximum absolute atomic E-state index is 12.8. The van der Waals surface area contributed by atoms with Crippen LogP contribution in [-0.2, 0) is 4.79 Å². The Bertz CT molecular complexity index is 941. The number of hydrogen-bond donors (Lipinski definition) is 0. The van der Waals surface area contributed by atoms with Crippen LogP contribution in [0.15, 0.2) is 68.4 Å². The van der Waals surface area contributed by atoms with Gasteiger partial charge in [0.25, 0.3) is 5.91 Å². The molecule has 0 spiro atoms. The smallest absolute Gasteiger partial charge is 0.269 e. The second kappa shape index (κ2) is 6.74. The molecule has 0 N–H and O–H groups in total. The summed E-state index contributed by atoms with van der Waals surface area (Å²) in [6.45, 7) is 0. The summed E-state index contributed by atoms with van der Waals surface area (Å²) in [4.78, 5) is 22.9. The molecule has 0 atom stereocenters. The van der Waals surface area contributed by atoms with Crippen LogP contribution >= 0.6 is 23.5 Å². The van der Waals surface area contributed by atoms with Crippen molar-refractivity contribution in [1.82, 2.24) is 4.90 Å². The molecule has 0 aromatic heterocycles. The highest BCUT2D eigenvalue weighted by atomic mass is 32.2. The van der Waals surface area contributed by atoms with Crippen LogP contribution in [0, 0.1) is 0 Å². The van der Waals surface area contributed by atoms with Gasteiger partial charge in [-0.2, -0.15) is 0 Å². The van der Waals surface area contributed by atoms with Crippen LogP contribution in [0.25, 0.3) is 0 Å². The molecule has 0 bridgehead atoms. The van der Waals surface area contributed by atoms with E-state index in [1.807, 2.05) is 60.5 Å². The van der Waals surface area contributed by atoms with E-state index in [0.717, 1.165) is 27.0 Å². The minimum atomic E-state index is -0.0289. The Morgan fingerprint density at radius 3 is 2.50 bits per heavy atom. The molecule has 2 aliphatic rings.